The quantitative estimate of drug-likeness (QED) is 0.543. The van der Waals surface area contributed by atoms with Gasteiger partial charge in [0, 0.05) is 6.54 Å². The highest BCUT2D eigenvalue weighted by Gasteiger charge is 1.94. The molecule has 0 aliphatic carbocycles. The second-order valence-electron chi connectivity index (χ2n) is 2.68. The fraction of sp³-hybridized carbons (Fsp3) is 0.333. The Balaban J connectivity index is 2.68. The van der Waals surface area contributed by atoms with Crippen molar-refractivity contribution in [3.63, 3.8) is 0 Å². The molecule has 1 heterocycles. The molecule has 0 amide bonds. The minimum absolute atomic E-state index is 0.408. The van der Waals surface area contributed by atoms with Crippen LogP contribution >= 0.6 is 0 Å². The second kappa shape index (κ2) is 3.86. The fourth-order valence-electron chi connectivity index (χ4n) is 0.961. The van der Waals surface area contributed by atoms with Gasteiger partial charge < -0.3 is 11.1 Å². The monoisotopic (exact) mass is 150 g/mol. The molecule has 1 aliphatic heterocycles. The summed E-state index contributed by atoms with van der Waals surface area (Å²) in [7, 11) is 0. The first-order valence-electron chi connectivity index (χ1n) is 3.83. The minimum Gasteiger partial charge on any atom is -0.386 e. The van der Waals surface area contributed by atoms with Crippen LogP contribution < -0.4 is 11.1 Å². The van der Waals surface area contributed by atoms with Crippen molar-refractivity contribution in [1.29, 1.82) is 0 Å². The zero-order valence-corrected chi connectivity index (χ0v) is 6.75. The van der Waals surface area contributed by atoms with Crippen LogP contribution in [0.1, 0.15) is 6.92 Å². The summed E-state index contributed by atoms with van der Waals surface area (Å²) in [6, 6.07) is 0. The van der Waals surface area contributed by atoms with Gasteiger partial charge in [-0.15, -0.1) is 0 Å². The lowest BCUT2D eigenvalue weighted by Gasteiger charge is -2.03. The van der Waals surface area contributed by atoms with E-state index in [0.717, 1.165) is 12.4 Å². The van der Waals surface area contributed by atoms with Gasteiger partial charge in [-0.2, -0.15) is 0 Å². The minimum atomic E-state index is 0.408. The Morgan fingerprint density at radius 3 is 3.18 bits per heavy atom. The van der Waals surface area contributed by atoms with E-state index in [1.54, 1.807) is 0 Å². The first-order chi connectivity index (χ1) is 5.29. The van der Waals surface area contributed by atoms with Crippen molar-refractivity contribution in [2.24, 2.45) is 11.7 Å². The zero-order valence-electron chi connectivity index (χ0n) is 6.75. The third-order valence-electron chi connectivity index (χ3n) is 1.53. The number of nitrogens with one attached hydrogen (secondary N) is 1. The lowest BCUT2D eigenvalue weighted by Crippen LogP contribution is -2.20. The van der Waals surface area contributed by atoms with Crippen LogP contribution in [0.4, 0.5) is 0 Å². The van der Waals surface area contributed by atoms with Gasteiger partial charge in [-0.3, -0.25) is 0 Å². The van der Waals surface area contributed by atoms with Crippen LogP contribution in [0.15, 0.2) is 36.2 Å². The Morgan fingerprint density at radius 2 is 2.36 bits per heavy atom. The predicted molar refractivity (Wildman–Crippen MR) is 47.7 cm³/mol. The molecule has 11 heavy (non-hydrogen) atoms. The Hall–Kier alpha value is -1.18. The summed E-state index contributed by atoms with van der Waals surface area (Å²) in [5, 5.41) is 3.07. The summed E-state index contributed by atoms with van der Waals surface area (Å²) in [5.41, 5.74) is 5.65. The van der Waals surface area contributed by atoms with Gasteiger partial charge in [0.2, 0.25) is 0 Å². The van der Waals surface area contributed by atoms with Crippen molar-refractivity contribution in [2.75, 3.05) is 6.54 Å². The van der Waals surface area contributed by atoms with Crippen LogP contribution in [0.2, 0.25) is 0 Å². The highest BCUT2D eigenvalue weighted by atomic mass is 15.0. The molecule has 0 saturated heterocycles. The highest BCUT2D eigenvalue weighted by Crippen LogP contribution is 2.01. The van der Waals surface area contributed by atoms with Crippen molar-refractivity contribution in [3.8, 4) is 0 Å². The molecule has 0 radical (unpaired) electrons. The Morgan fingerprint density at radius 1 is 1.55 bits per heavy atom. The van der Waals surface area contributed by atoms with Crippen LogP contribution in [0, 0.1) is 5.92 Å². The van der Waals surface area contributed by atoms with E-state index in [1.165, 1.54) is 0 Å². The van der Waals surface area contributed by atoms with E-state index in [2.05, 4.69) is 18.3 Å². The molecule has 2 heteroatoms. The molecule has 1 unspecified atom stereocenters. The topological polar surface area (TPSA) is 38.0 Å². The number of nitrogens with two attached hydrogens (primary N) is 1. The predicted octanol–water partition coefficient (Wildman–Crippen LogP) is 1.14. The Kier molecular flexibility index (Phi) is 2.78. The van der Waals surface area contributed by atoms with Crippen LogP contribution in [0.3, 0.4) is 0 Å². The van der Waals surface area contributed by atoms with Crippen molar-refractivity contribution in [3.05, 3.63) is 36.2 Å². The van der Waals surface area contributed by atoms with Crippen molar-refractivity contribution in [2.45, 2.75) is 6.92 Å². The number of allylic oxidation sites excluding steroid dienone is 4. The number of hydrogen-bond donors (Lipinski definition) is 2. The Labute approximate surface area is 67.5 Å². The van der Waals surface area contributed by atoms with Gasteiger partial charge in [0.05, 0.1) is 5.82 Å². The van der Waals surface area contributed by atoms with Gasteiger partial charge in [0.15, 0.2) is 0 Å². The highest BCUT2D eigenvalue weighted by molar-refractivity contribution is 5.12. The first-order valence-corrected chi connectivity index (χ1v) is 3.83. The van der Waals surface area contributed by atoms with E-state index in [-0.39, 0.29) is 0 Å². The normalized spacial score (nSPS) is 35.0. The van der Waals surface area contributed by atoms with Gasteiger partial charge in [-0.1, -0.05) is 31.2 Å². The maximum absolute atomic E-state index is 5.65. The first kappa shape index (κ1) is 7.92. The standard InChI is InChI=1S/C9H14N2/c1-8-5-3-2-4-6-11-9(10)7-8/h2-5,7-8,11H,6,10H2,1H3/b4-2-,5-3-,9-7-. The van der Waals surface area contributed by atoms with E-state index in [9.17, 15) is 0 Å². The molecule has 0 spiro atoms. The summed E-state index contributed by atoms with van der Waals surface area (Å²) in [4.78, 5) is 0. The molecule has 3 N–H and O–H groups in total. The zero-order chi connectivity index (χ0) is 8.10. The van der Waals surface area contributed by atoms with E-state index in [4.69, 9.17) is 5.73 Å². The molecular weight excluding hydrogens is 136 g/mol. The van der Waals surface area contributed by atoms with Gasteiger partial charge in [-0.05, 0) is 12.0 Å². The third-order valence-corrected chi connectivity index (χ3v) is 1.53. The maximum atomic E-state index is 5.65. The van der Waals surface area contributed by atoms with Gasteiger partial charge in [0.1, 0.15) is 0 Å². The van der Waals surface area contributed by atoms with Crippen LogP contribution in [0.25, 0.3) is 0 Å². The molecule has 0 bridgehead atoms. The van der Waals surface area contributed by atoms with Gasteiger partial charge in [0.25, 0.3) is 0 Å². The summed E-state index contributed by atoms with van der Waals surface area (Å²) in [6.45, 7) is 2.91. The summed E-state index contributed by atoms with van der Waals surface area (Å²) < 4.78 is 0. The van der Waals surface area contributed by atoms with Crippen LogP contribution in [-0.4, -0.2) is 6.54 Å². The Bertz CT molecular complexity index is 202. The maximum Gasteiger partial charge on any atom is 0.0927 e. The lowest BCUT2D eigenvalue weighted by molar-refractivity contribution is 0.839. The van der Waals surface area contributed by atoms with E-state index in [1.807, 2.05) is 24.3 Å². The smallest absolute Gasteiger partial charge is 0.0927 e. The SMILES string of the molecule is CC1/C=C\C=C/CN/C(N)=C\1. The largest absolute Gasteiger partial charge is 0.386 e. The molecule has 1 atom stereocenters. The van der Waals surface area contributed by atoms with Crippen molar-refractivity contribution in [1.82, 2.24) is 5.32 Å². The van der Waals surface area contributed by atoms with Crippen LogP contribution in [0.5, 0.6) is 0 Å². The second-order valence-corrected chi connectivity index (χ2v) is 2.68. The van der Waals surface area contributed by atoms with E-state index >= 15 is 0 Å². The molecule has 0 fully saturated rings. The number of rotatable bonds is 0. The van der Waals surface area contributed by atoms with E-state index in [0.29, 0.717) is 5.92 Å². The van der Waals surface area contributed by atoms with E-state index < -0.39 is 0 Å². The molecule has 0 aromatic carbocycles. The summed E-state index contributed by atoms with van der Waals surface area (Å²) in [5.74, 6) is 1.17. The third kappa shape index (κ3) is 2.94. The molecular formula is C9H14N2. The molecule has 0 saturated carbocycles. The molecule has 0 aromatic heterocycles. The average molecular weight is 150 g/mol. The molecule has 60 valence electrons. The van der Waals surface area contributed by atoms with Crippen LogP contribution in [-0.2, 0) is 0 Å². The van der Waals surface area contributed by atoms with Gasteiger partial charge in [-0.25, -0.2) is 0 Å². The number of hydrogen-bond acceptors (Lipinski definition) is 2. The summed E-state index contributed by atoms with van der Waals surface area (Å²) >= 11 is 0. The lowest BCUT2D eigenvalue weighted by atomic mass is 10.1. The molecule has 2 nitrogen and oxygen atoms in total. The van der Waals surface area contributed by atoms with Crippen molar-refractivity contribution < 1.29 is 0 Å². The summed E-state index contributed by atoms with van der Waals surface area (Å²) in [6.07, 6.45) is 10.2. The molecule has 1 rings (SSSR count). The average Bonchev–Trinajstić information content (AvgIpc) is 2.02. The fourth-order valence-corrected chi connectivity index (χ4v) is 0.961. The molecule has 1 aliphatic rings. The van der Waals surface area contributed by atoms with Gasteiger partial charge >= 0.3 is 0 Å². The molecule has 0 aromatic rings. The van der Waals surface area contributed by atoms with Crippen molar-refractivity contribution >= 4 is 0 Å².